The quantitative estimate of drug-likeness (QED) is 0.274. The number of carbonyl (C=O) groups is 3. The van der Waals surface area contributed by atoms with Crippen molar-refractivity contribution in [3.63, 3.8) is 0 Å². The first kappa shape index (κ1) is 31.0. The van der Waals surface area contributed by atoms with Crippen LogP contribution in [0.25, 0.3) is 0 Å². The number of alkyl carbamates (subject to hydrolysis) is 1. The van der Waals surface area contributed by atoms with E-state index in [1.165, 1.54) is 28.0 Å². The zero-order valence-corrected chi connectivity index (χ0v) is 25.6. The summed E-state index contributed by atoms with van der Waals surface area (Å²) in [6, 6.07) is 15.4. The number of aromatic nitrogens is 1. The molecule has 224 valence electrons. The van der Waals surface area contributed by atoms with E-state index in [2.05, 4.69) is 57.5 Å². The summed E-state index contributed by atoms with van der Waals surface area (Å²) in [5.41, 5.74) is 3.98. The van der Waals surface area contributed by atoms with Crippen molar-refractivity contribution in [2.45, 2.75) is 53.0 Å². The molecule has 10 nitrogen and oxygen atoms in total. The van der Waals surface area contributed by atoms with Gasteiger partial charge in [0.2, 0.25) is 12.1 Å². The second-order valence-corrected chi connectivity index (χ2v) is 12.2. The zero-order chi connectivity index (χ0) is 30.3. The number of aryl methyl sites for hydroxylation is 2. The summed E-state index contributed by atoms with van der Waals surface area (Å²) in [6.07, 6.45) is -1.78. The topological polar surface area (TPSA) is 113 Å². The smallest absolute Gasteiger partial charge is 0.408 e. The summed E-state index contributed by atoms with van der Waals surface area (Å²) in [5.74, 6) is -1.19. The predicted molar refractivity (Wildman–Crippen MR) is 162 cm³/mol. The maximum absolute atomic E-state index is 13.1. The third-order valence-electron chi connectivity index (χ3n) is 6.65. The monoisotopic (exact) mass is 593 g/mol. The molecule has 42 heavy (non-hydrogen) atoms. The van der Waals surface area contributed by atoms with E-state index in [1.807, 2.05) is 6.07 Å². The average molecular weight is 594 g/mol. The van der Waals surface area contributed by atoms with Crippen LogP contribution in [0.15, 0.2) is 53.9 Å². The molecular formula is C31H39N5O5S. The Morgan fingerprint density at radius 1 is 1.02 bits per heavy atom. The van der Waals surface area contributed by atoms with E-state index in [4.69, 9.17) is 9.47 Å². The number of nitrogens with one attached hydrogen (secondary N) is 2. The summed E-state index contributed by atoms with van der Waals surface area (Å²) in [4.78, 5) is 46.8. The average Bonchev–Trinajstić information content (AvgIpc) is 3.44. The van der Waals surface area contributed by atoms with Crippen molar-refractivity contribution in [3.8, 4) is 0 Å². The second-order valence-electron chi connectivity index (χ2n) is 11.3. The van der Waals surface area contributed by atoms with Gasteiger partial charge in [-0.15, -0.1) is 11.3 Å². The van der Waals surface area contributed by atoms with E-state index in [0.29, 0.717) is 5.56 Å². The van der Waals surface area contributed by atoms with Gasteiger partial charge in [-0.05, 0) is 45.7 Å². The number of ether oxygens (including phenoxy) is 2. The highest BCUT2D eigenvalue weighted by atomic mass is 32.1. The molecule has 0 aliphatic carbocycles. The predicted octanol–water partition coefficient (Wildman–Crippen LogP) is 4.58. The van der Waals surface area contributed by atoms with Crippen LogP contribution in [-0.4, -0.2) is 66.2 Å². The van der Waals surface area contributed by atoms with E-state index < -0.39 is 29.8 Å². The number of anilines is 1. The molecule has 1 aromatic heterocycles. The molecule has 11 heteroatoms. The molecule has 0 saturated carbocycles. The van der Waals surface area contributed by atoms with Crippen molar-refractivity contribution in [2.75, 3.05) is 37.6 Å². The number of esters is 1. The maximum Gasteiger partial charge on any atom is 0.408 e. The lowest BCUT2D eigenvalue weighted by atomic mass is 10.0. The third-order valence-corrected chi connectivity index (χ3v) is 7.56. The lowest BCUT2D eigenvalue weighted by Crippen LogP contribution is -2.46. The molecule has 3 aromatic rings. The molecule has 1 aliphatic rings. The number of benzene rings is 2. The molecule has 2 N–H and O–H groups in total. The molecule has 2 aromatic carbocycles. The van der Waals surface area contributed by atoms with Crippen LogP contribution in [0.3, 0.4) is 0 Å². The first-order valence-electron chi connectivity index (χ1n) is 14.0. The number of amides is 2. The first-order valence-corrected chi connectivity index (χ1v) is 14.9. The van der Waals surface area contributed by atoms with Crippen LogP contribution in [0.2, 0.25) is 0 Å². The highest BCUT2D eigenvalue weighted by Crippen LogP contribution is 2.25. The number of hydrogen-bond donors (Lipinski definition) is 2. The van der Waals surface area contributed by atoms with E-state index >= 15 is 0 Å². The standard InChI is InChI=1S/C31H39N5O5S/c1-21-11-12-22(2)24(17-21)19-35-13-15-36(16-14-35)29-33-25(20-42-29)28(38)40-27(23-9-7-6-8-10-23)34-26(37)18-32-30(39)41-31(3,4)5/h6-12,17,20,27H,13-16,18-19H2,1-5H3,(H,32,39)(H,34,37). The largest absolute Gasteiger partial charge is 0.444 e. The Morgan fingerprint density at radius 3 is 2.43 bits per heavy atom. The third kappa shape index (κ3) is 9.02. The van der Waals surface area contributed by atoms with Crippen LogP contribution < -0.4 is 15.5 Å². The van der Waals surface area contributed by atoms with Crippen LogP contribution in [-0.2, 0) is 20.8 Å². The van der Waals surface area contributed by atoms with Crippen molar-refractivity contribution < 1.29 is 23.9 Å². The van der Waals surface area contributed by atoms with Crippen LogP contribution in [0.4, 0.5) is 9.93 Å². The Kier molecular flexibility index (Phi) is 10.2. The molecule has 1 fully saturated rings. The maximum atomic E-state index is 13.1. The first-order chi connectivity index (χ1) is 20.0. The molecule has 1 aliphatic heterocycles. The number of carbonyl (C=O) groups excluding carboxylic acids is 3. The summed E-state index contributed by atoms with van der Waals surface area (Å²) < 4.78 is 10.9. The van der Waals surface area contributed by atoms with E-state index in [1.54, 1.807) is 50.4 Å². The van der Waals surface area contributed by atoms with Gasteiger partial charge in [0.15, 0.2) is 10.8 Å². The van der Waals surface area contributed by atoms with Crippen molar-refractivity contribution in [2.24, 2.45) is 0 Å². The Labute approximate surface area is 251 Å². The van der Waals surface area contributed by atoms with Gasteiger partial charge in [-0.1, -0.05) is 54.1 Å². The van der Waals surface area contributed by atoms with Gasteiger partial charge in [-0.25, -0.2) is 14.6 Å². The van der Waals surface area contributed by atoms with Gasteiger partial charge in [0.1, 0.15) is 12.1 Å². The highest BCUT2D eigenvalue weighted by Gasteiger charge is 2.25. The molecule has 2 heterocycles. The molecule has 2 amide bonds. The van der Waals surface area contributed by atoms with Crippen molar-refractivity contribution >= 4 is 34.4 Å². The van der Waals surface area contributed by atoms with E-state index in [0.717, 1.165) is 37.9 Å². The number of hydrogen-bond acceptors (Lipinski definition) is 9. The molecule has 1 saturated heterocycles. The van der Waals surface area contributed by atoms with Crippen LogP contribution in [0, 0.1) is 13.8 Å². The van der Waals surface area contributed by atoms with Gasteiger partial charge in [0.05, 0.1) is 0 Å². The zero-order valence-electron chi connectivity index (χ0n) is 24.8. The Hall–Kier alpha value is -3.96. The SMILES string of the molecule is Cc1ccc(C)c(CN2CCN(c3nc(C(=O)OC(NC(=O)CNC(=O)OC(C)(C)C)c4ccccc4)cs3)CC2)c1. The van der Waals surface area contributed by atoms with Crippen molar-refractivity contribution in [1.29, 1.82) is 0 Å². The molecule has 1 unspecified atom stereocenters. The molecule has 0 bridgehead atoms. The fraction of sp³-hybridized carbons (Fsp3) is 0.419. The van der Waals surface area contributed by atoms with Crippen molar-refractivity contribution in [3.05, 3.63) is 81.9 Å². The molecule has 0 spiro atoms. The lowest BCUT2D eigenvalue weighted by Gasteiger charge is -2.34. The normalized spacial score (nSPS) is 14.6. The van der Waals surface area contributed by atoms with Gasteiger partial charge in [-0.2, -0.15) is 0 Å². The van der Waals surface area contributed by atoms with E-state index in [-0.39, 0.29) is 12.2 Å². The van der Waals surface area contributed by atoms with Crippen molar-refractivity contribution in [1.82, 2.24) is 20.5 Å². The van der Waals surface area contributed by atoms with Gasteiger partial charge in [-0.3, -0.25) is 9.69 Å². The second kappa shape index (κ2) is 13.8. The summed E-state index contributed by atoms with van der Waals surface area (Å²) in [6.45, 7) is 13.4. The fourth-order valence-electron chi connectivity index (χ4n) is 4.45. The van der Waals surface area contributed by atoms with Gasteiger partial charge in [0, 0.05) is 43.7 Å². The van der Waals surface area contributed by atoms with E-state index in [9.17, 15) is 14.4 Å². The lowest BCUT2D eigenvalue weighted by molar-refractivity contribution is -0.123. The molecule has 4 rings (SSSR count). The Morgan fingerprint density at radius 2 is 1.74 bits per heavy atom. The fourth-order valence-corrected chi connectivity index (χ4v) is 5.30. The van der Waals surface area contributed by atoms with Crippen LogP contribution in [0.1, 0.15) is 59.7 Å². The number of rotatable bonds is 9. The molecule has 1 atom stereocenters. The Bertz CT molecular complexity index is 1380. The Balaban J connectivity index is 1.33. The number of piperazine rings is 1. The van der Waals surface area contributed by atoms with Crippen LogP contribution >= 0.6 is 11.3 Å². The molecule has 0 radical (unpaired) electrons. The highest BCUT2D eigenvalue weighted by molar-refractivity contribution is 7.13. The van der Waals surface area contributed by atoms with Gasteiger partial charge < -0.3 is 25.0 Å². The van der Waals surface area contributed by atoms with Gasteiger partial charge in [0.25, 0.3) is 0 Å². The van der Waals surface area contributed by atoms with Gasteiger partial charge >= 0.3 is 12.1 Å². The number of nitrogens with zero attached hydrogens (tertiary/aromatic N) is 3. The summed E-state index contributed by atoms with van der Waals surface area (Å²) in [5, 5.41) is 7.50. The number of thiazole rings is 1. The molecular weight excluding hydrogens is 554 g/mol. The minimum Gasteiger partial charge on any atom is -0.444 e. The minimum atomic E-state index is -1.06. The summed E-state index contributed by atoms with van der Waals surface area (Å²) in [7, 11) is 0. The van der Waals surface area contributed by atoms with Crippen LogP contribution in [0.5, 0.6) is 0 Å². The summed E-state index contributed by atoms with van der Waals surface area (Å²) >= 11 is 1.39. The minimum absolute atomic E-state index is 0.176.